The summed E-state index contributed by atoms with van der Waals surface area (Å²) in [6, 6.07) is 17.5. The number of nitrogens with one attached hydrogen (secondary N) is 2. The van der Waals surface area contributed by atoms with Gasteiger partial charge in [0.2, 0.25) is 0 Å². The first kappa shape index (κ1) is 35.1. The molecule has 2 aliphatic rings. The Bertz CT molecular complexity index is 2410. The number of carbonyl (C=O) groups excluding carboxylic acids is 1. The molecule has 1 fully saturated rings. The second-order valence-electron chi connectivity index (χ2n) is 14.5. The molecule has 1 saturated heterocycles. The minimum atomic E-state index is -0.432. The number of aryl methyl sites for hydroxylation is 2. The van der Waals surface area contributed by atoms with Crippen LogP contribution in [0.5, 0.6) is 0 Å². The molecule has 0 spiro atoms. The van der Waals surface area contributed by atoms with E-state index in [1.54, 1.807) is 47.5 Å². The van der Waals surface area contributed by atoms with Gasteiger partial charge in [-0.3, -0.25) is 18.6 Å². The molecule has 12 heteroatoms. The highest BCUT2D eigenvalue weighted by atomic mass is 31.1. The number of aromatic amines is 1. The van der Waals surface area contributed by atoms with Gasteiger partial charge in [0, 0.05) is 61.4 Å². The number of nitrogens with zero attached hydrogens (tertiary/aromatic N) is 5. The number of imidazole rings is 1. The van der Waals surface area contributed by atoms with Crippen LogP contribution in [0.2, 0.25) is 0 Å². The van der Waals surface area contributed by atoms with Gasteiger partial charge in [-0.2, -0.15) is 5.10 Å². The maximum absolute atomic E-state index is 14.9. The Morgan fingerprint density at radius 1 is 0.981 bits per heavy atom. The molecule has 0 bridgehead atoms. The molecule has 0 aliphatic carbocycles. The van der Waals surface area contributed by atoms with Crippen LogP contribution in [0.1, 0.15) is 64.6 Å². The molecule has 274 valence electrons. The summed E-state index contributed by atoms with van der Waals surface area (Å²) in [6.45, 7) is 12.3. The lowest BCUT2D eigenvalue weighted by molar-refractivity contribution is 0.0631. The number of aromatic nitrogens is 5. The average Bonchev–Trinajstić information content (AvgIpc) is 3.88. The van der Waals surface area contributed by atoms with Crippen LogP contribution in [0.4, 0.5) is 10.1 Å². The lowest BCUT2D eigenvalue weighted by Gasteiger charge is -2.34. The van der Waals surface area contributed by atoms with Crippen LogP contribution in [-0.4, -0.2) is 74.8 Å². The highest BCUT2D eigenvalue weighted by Crippen LogP contribution is 2.39. The van der Waals surface area contributed by atoms with Gasteiger partial charge in [0.1, 0.15) is 22.9 Å². The largest absolute Gasteiger partial charge is 0.388 e. The quantitative estimate of drug-likeness (QED) is 0.169. The van der Waals surface area contributed by atoms with Crippen molar-refractivity contribution in [3.05, 3.63) is 111 Å². The van der Waals surface area contributed by atoms with Crippen LogP contribution in [0.3, 0.4) is 0 Å². The minimum Gasteiger partial charge on any atom is -0.388 e. The highest BCUT2D eigenvalue weighted by Gasteiger charge is 2.36. The van der Waals surface area contributed by atoms with Crippen molar-refractivity contribution >= 4 is 35.7 Å². The van der Waals surface area contributed by atoms with Crippen molar-refractivity contribution in [2.24, 2.45) is 0 Å². The fraction of sp³-hybridized carbons (Fsp3) is 0.341. The van der Waals surface area contributed by atoms with Crippen LogP contribution in [0, 0.1) is 19.7 Å². The van der Waals surface area contributed by atoms with Gasteiger partial charge in [-0.15, -0.1) is 0 Å². The molecule has 3 aromatic heterocycles. The van der Waals surface area contributed by atoms with Crippen LogP contribution in [-0.2, 0) is 11.3 Å². The molecule has 3 aromatic carbocycles. The molecule has 53 heavy (non-hydrogen) atoms. The molecule has 8 rings (SSSR count). The smallest absolute Gasteiger partial charge is 0.337 e. The fourth-order valence-electron chi connectivity index (χ4n) is 8.10. The van der Waals surface area contributed by atoms with Crippen LogP contribution in [0.15, 0.2) is 71.8 Å². The Labute approximate surface area is 309 Å². The van der Waals surface area contributed by atoms with Gasteiger partial charge in [-0.05, 0) is 117 Å². The molecular weight excluding hydrogens is 688 g/mol. The summed E-state index contributed by atoms with van der Waals surface area (Å²) in [4.78, 5) is 34.0. The third kappa shape index (κ3) is 6.09. The Balaban J connectivity index is 1.21. The zero-order chi connectivity index (χ0) is 37.1. The summed E-state index contributed by atoms with van der Waals surface area (Å²) in [5.74, 6) is 0.0680. The maximum atomic E-state index is 14.9. The van der Waals surface area contributed by atoms with E-state index in [1.807, 2.05) is 41.8 Å². The molecular formula is C41H45FN7O3P. The Kier molecular flexibility index (Phi) is 9.11. The average molecular weight is 734 g/mol. The van der Waals surface area contributed by atoms with E-state index in [2.05, 4.69) is 47.9 Å². The summed E-state index contributed by atoms with van der Waals surface area (Å²) in [5, 5.41) is 10.6. The second kappa shape index (κ2) is 13.8. The third-order valence-corrected chi connectivity index (χ3v) is 12.3. The van der Waals surface area contributed by atoms with E-state index in [9.17, 15) is 14.0 Å². The predicted octanol–water partition coefficient (Wildman–Crippen LogP) is 7.25. The zero-order valence-electron chi connectivity index (χ0n) is 31.0. The summed E-state index contributed by atoms with van der Waals surface area (Å²) in [7, 11) is 1.54. The molecule has 10 nitrogen and oxygen atoms in total. The van der Waals surface area contributed by atoms with Crippen LogP contribution < -0.4 is 16.3 Å². The van der Waals surface area contributed by atoms with Gasteiger partial charge in [0.05, 0.1) is 24.0 Å². The number of rotatable bonds is 7. The normalized spacial score (nSPS) is 16.5. The number of carbonyl (C=O) groups is 1. The van der Waals surface area contributed by atoms with Crippen molar-refractivity contribution in [3.63, 3.8) is 0 Å². The summed E-state index contributed by atoms with van der Waals surface area (Å²) in [6.07, 6.45) is 5.52. The Hall–Kier alpha value is -4.99. The summed E-state index contributed by atoms with van der Waals surface area (Å²) >= 11 is 0. The molecule has 1 atom stereocenters. The van der Waals surface area contributed by atoms with E-state index < -0.39 is 6.04 Å². The number of amides is 1. The molecule has 1 amide bonds. The van der Waals surface area contributed by atoms with Crippen LogP contribution in [0.25, 0.3) is 33.5 Å². The first-order valence-electron chi connectivity index (χ1n) is 18.2. The predicted molar refractivity (Wildman–Crippen MR) is 211 cm³/mol. The van der Waals surface area contributed by atoms with Crippen molar-refractivity contribution in [1.29, 1.82) is 0 Å². The van der Waals surface area contributed by atoms with Crippen molar-refractivity contribution < 1.29 is 13.9 Å². The number of hydrogen-bond donors (Lipinski definition) is 2. The molecule has 2 aliphatic heterocycles. The van der Waals surface area contributed by atoms with Gasteiger partial charge in [-0.25, -0.2) is 9.18 Å². The van der Waals surface area contributed by atoms with E-state index in [0.717, 1.165) is 54.0 Å². The molecule has 6 aromatic rings. The lowest BCUT2D eigenvalue weighted by atomic mass is 9.91. The number of benzene rings is 3. The van der Waals surface area contributed by atoms with E-state index in [0.29, 0.717) is 52.8 Å². The van der Waals surface area contributed by atoms with E-state index >= 15 is 0 Å². The van der Waals surface area contributed by atoms with Crippen LogP contribution >= 0.6 is 7.92 Å². The van der Waals surface area contributed by atoms with E-state index in [1.165, 1.54) is 10.9 Å². The van der Waals surface area contributed by atoms with Crippen molar-refractivity contribution in [3.8, 4) is 22.6 Å². The Morgan fingerprint density at radius 2 is 1.72 bits per heavy atom. The summed E-state index contributed by atoms with van der Waals surface area (Å²) < 4.78 is 25.6. The van der Waals surface area contributed by atoms with E-state index in [-0.39, 0.29) is 25.3 Å². The molecule has 0 radical (unpaired) electrons. The number of anilines is 1. The zero-order valence-corrected chi connectivity index (χ0v) is 31.9. The van der Waals surface area contributed by atoms with Gasteiger partial charge in [0.25, 0.3) is 5.91 Å². The lowest BCUT2D eigenvalue weighted by Crippen LogP contribution is -2.42. The van der Waals surface area contributed by atoms with Gasteiger partial charge in [0.15, 0.2) is 0 Å². The first-order valence-corrected chi connectivity index (χ1v) is 20.5. The van der Waals surface area contributed by atoms with Gasteiger partial charge < -0.3 is 19.9 Å². The number of fused-ring (bicyclic) bond motifs is 2. The standard InChI is InChI=1S/C41H45FN7O3P/c1-24-19-30(20-25(2)36(24)42)37-39(48-14-13-47(41(48)51)31-8-10-35(53(5)6)33(23-31)43-4)38-26(3)46(15-16-49(38)45-37)40(50)34-22-29-21-28(7-9-32(29)44-34)27-11-17-52-18-12-27/h7-10,13-14,19-23,26-27,43-44H,11-12,15-18H2,1-6H3. The highest BCUT2D eigenvalue weighted by molar-refractivity contribution is 7.64. The topological polar surface area (TPSA) is 102 Å². The molecule has 0 saturated carbocycles. The van der Waals surface area contributed by atoms with Crippen molar-refractivity contribution in [2.45, 2.75) is 52.1 Å². The van der Waals surface area contributed by atoms with Crippen molar-refractivity contribution in [2.75, 3.05) is 45.5 Å². The monoisotopic (exact) mass is 733 g/mol. The number of halogens is 1. The molecule has 5 heterocycles. The number of ether oxygens (including phenoxy) is 1. The second-order valence-corrected chi connectivity index (χ2v) is 16.8. The van der Waals surface area contributed by atoms with Crippen molar-refractivity contribution in [1.82, 2.24) is 28.8 Å². The van der Waals surface area contributed by atoms with E-state index in [4.69, 9.17) is 9.84 Å². The molecule has 2 N–H and O–H groups in total. The minimum absolute atomic E-state index is 0.119. The Morgan fingerprint density at radius 3 is 2.43 bits per heavy atom. The molecule has 1 unspecified atom stereocenters. The fourth-order valence-corrected chi connectivity index (χ4v) is 9.13. The van der Waals surface area contributed by atoms with Gasteiger partial charge >= 0.3 is 5.69 Å². The number of H-pyrrole nitrogens is 1. The van der Waals surface area contributed by atoms with Gasteiger partial charge in [-0.1, -0.05) is 20.1 Å². The third-order valence-electron chi connectivity index (χ3n) is 10.9. The maximum Gasteiger partial charge on any atom is 0.337 e. The number of hydrogen-bond acceptors (Lipinski definition) is 5. The summed E-state index contributed by atoms with van der Waals surface area (Å²) in [5.41, 5.74) is 7.75. The first-order chi connectivity index (χ1) is 25.5. The SMILES string of the molecule is CNc1cc(-n2ccn(-c3c(-c4cc(C)c(F)c(C)c4)nn4c3C(C)N(C(=O)c3cc5cc(C6CCOCC6)ccc5[nH]3)CC4)c2=O)ccc1P(C)C.